The molecule has 0 saturated carbocycles. The fraction of sp³-hybridized carbons (Fsp3) is 0.500. The second-order valence-corrected chi connectivity index (χ2v) is 5.51. The summed E-state index contributed by atoms with van der Waals surface area (Å²) in [7, 11) is 1.60. The molecule has 1 aromatic carbocycles. The van der Waals surface area contributed by atoms with Gasteiger partial charge in [-0.2, -0.15) is 0 Å². The van der Waals surface area contributed by atoms with E-state index in [4.69, 9.17) is 14.2 Å². The van der Waals surface area contributed by atoms with Crippen LogP contribution in [-0.4, -0.2) is 45.5 Å². The molecule has 0 fully saturated rings. The van der Waals surface area contributed by atoms with E-state index in [1.165, 1.54) is 0 Å². The van der Waals surface area contributed by atoms with E-state index < -0.39 is 0 Å². The van der Waals surface area contributed by atoms with Gasteiger partial charge in [0.25, 0.3) is 5.91 Å². The zero-order chi connectivity index (χ0) is 14.5. The summed E-state index contributed by atoms with van der Waals surface area (Å²) >= 11 is 3.41. The minimum atomic E-state index is -0.0735. The van der Waals surface area contributed by atoms with Crippen molar-refractivity contribution in [3.63, 3.8) is 0 Å². The van der Waals surface area contributed by atoms with Gasteiger partial charge in [0, 0.05) is 11.6 Å². The van der Waals surface area contributed by atoms with Crippen LogP contribution in [0, 0.1) is 0 Å². The predicted octanol–water partition coefficient (Wildman–Crippen LogP) is 2.23. The Labute approximate surface area is 126 Å². The summed E-state index contributed by atoms with van der Waals surface area (Å²) in [5, 5.41) is 0. The topological polar surface area (TPSA) is 48.0 Å². The Bertz CT molecular complexity index is 480. The molecule has 1 atom stereocenters. The molecule has 20 heavy (non-hydrogen) atoms. The minimum Gasteiger partial charge on any atom is -0.487 e. The van der Waals surface area contributed by atoms with Crippen LogP contribution in [0.4, 0.5) is 5.69 Å². The number of nitrogens with zero attached hydrogens (tertiary/aromatic N) is 1. The van der Waals surface area contributed by atoms with E-state index in [1.54, 1.807) is 12.0 Å². The van der Waals surface area contributed by atoms with E-state index in [0.717, 1.165) is 15.9 Å². The number of benzene rings is 1. The largest absolute Gasteiger partial charge is 0.487 e. The molecule has 110 valence electrons. The zero-order valence-corrected chi connectivity index (χ0v) is 13.2. The Morgan fingerprint density at radius 2 is 2.30 bits per heavy atom. The Balaban J connectivity index is 2.08. The van der Waals surface area contributed by atoms with Crippen molar-refractivity contribution in [2.45, 2.75) is 13.0 Å². The molecule has 1 heterocycles. The third-order valence-electron chi connectivity index (χ3n) is 2.94. The highest BCUT2D eigenvalue weighted by molar-refractivity contribution is 9.10. The standard InChI is InChI=1S/C14H18BrNO4/c1-10-8-16(14(17)9-19-6-5-18-2)12-7-11(15)3-4-13(12)20-10/h3-4,7,10H,5-6,8-9H2,1-2H3/t10-/m0/s1. The molecule has 6 heteroatoms. The van der Waals surface area contributed by atoms with Crippen LogP contribution in [0.3, 0.4) is 0 Å². The van der Waals surface area contributed by atoms with E-state index in [0.29, 0.717) is 19.8 Å². The fourth-order valence-corrected chi connectivity index (χ4v) is 2.38. The van der Waals surface area contributed by atoms with E-state index >= 15 is 0 Å². The maximum Gasteiger partial charge on any atom is 0.253 e. The quantitative estimate of drug-likeness (QED) is 0.769. The SMILES string of the molecule is COCCOCC(=O)N1C[C@H](C)Oc2ccc(Br)cc21. The van der Waals surface area contributed by atoms with Gasteiger partial charge in [-0.15, -0.1) is 0 Å². The van der Waals surface area contributed by atoms with Gasteiger partial charge in [-0.25, -0.2) is 0 Å². The van der Waals surface area contributed by atoms with Crippen LogP contribution in [0.2, 0.25) is 0 Å². The summed E-state index contributed by atoms with van der Waals surface area (Å²) in [6, 6.07) is 5.64. The van der Waals surface area contributed by atoms with E-state index in [1.807, 2.05) is 25.1 Å². The molecule has 0 aromatic heterocycles. The molecule has 0 bridgehead atoms. The second kappa shape index (κ2) is 7.06. The molecular formula is C14H18BrNO4. The molecule has 5 nitrogen and oxygen atoms in total. The molecule has 1 amide bonds. The molecule has 2 rings (SSSR count). The van der Waals surface area contributed by atoms with E-state index in [9.17, 15) is 4.79 Å². The van der Waals surface area contributed by atoms with E-state index in [2.05, 4.69) is 15.9 Å². The number of halogens is 1. The van der Waals surface area contributed by atoms with E-state index in [-0.39, 0.29) is 18.6 Å². The molecule has 1 aliphatic rings. The van der Waals surface area contributed by atoms with Gasteiger partial charge in [-0.3, -0.25) is 4.79 Å². The molecule has 0 spiro atoms. The van der Waals surface area contributed by atoms with Crippen LogP contribution >= 0.6 is 15.9 Å². The number of carbonyl (C=O) groups is 1. The van der Waals surface area contributed by atoms with Crippen LogP contribution in [-0.2, 0) is 14.3 Å². The summed E-state index contributed by atoms with van der Waals surface area (Å²) in [4.78, 5) is 14.0. The van der Waals surface area contributed by atoms with Crippen molar-refractivity contribution in [3.8, 4) is 5.75 Å². The van der Waals surface area contributed by atoms with Gasteiger partial charge < -0.3 is 19.1 Å². The number of rotatable bonds is 5. The van der Waals surface area contributed by atoms with Gasteiger partial charge >= 0.3 is 0 Å². The fourth-order valence-electron chi connectivity index (χ4n) is 2.03. The number of ether oxygens (including phenoxy) is 3. The Morgan fingerprint density at radius 3 is 3.05 bits per heavy atom. The predicted molar refractivity (Wildman–Crippen MR) is 79.3 cm³/mol. The zero-order valence-electron chi connectivity index (χ0n) is 11.6. The first-order valence-corrected chi connectivity index (χ1v) is 7.24. The monoisotopic (exact) mass is 343 g/mol. The van der Waals surface area contributed by atoms with Crippen molar-refractivity contribution < 1.29 is 19.0 Å². The summed E-state index contributed by atoms with van der Waals surface area (Å²) in [5.74, 6) is 0.646. The molecule has 0 unspecified atom stereocenters. The van der Waals surface area contributed by atoms with Gasteiger partial charge in [0.1, 0.15) is 18.5 Å². The van der Waals surface area contributed by atoms with Gasteiger partial charge in [-0.1, -0.05) is 15.9 Å². The average Bonchev–Trinajstić information content (AvgIpc) is 2.43. The first kappa shape index (κ1) is 15.3. The van der Waals surface area contributed by atoms with Crippen molar-refractivity contribution in [1.82, 2.24) is 0 Å². The van der Waals surface area contributed by atoms with Crippen molar-refractivity contribution in [1.29, 1.82) is 0 Å². The third-order valence-corrected chi connectivity index (χ3v) is 3.43. The lowest BCUT2D eigenvalue weighted by atomic mass is 10.2. The maximum absolute atomic E-state index is 12.3. The summed E-state index contributed by atoms with van der Waals surface area (Å²) in [6.07, 6.45) is -0.0356. The minimum absolute atomic E-state index is 0.0356. The van der Waals surface area contributed by atoms with Crippen molar-refractivity contribution in [2.75, 3.05) is 38.4 Å². The van der Waals surface area contributed by atoms with Gasteiger partial charge in [0.05, 0.1) is 25.4 Å². The van der Waals surface area contributed by atoms with Crippen LogP contribution in [0.1, 0.15) is 6.92 Å². The number of hydrogen-bond donors (Lipinski definition) is 0. The Morgan fingerprint density at radius 1 is 1.50 bits per heavy atom. The Kier molecular flexibility index (Phi) is 5.39. The van der Waals surface area contributed by atoms with Crippen LogP contribution in [0.15, 0.2) is 22.7 Å². The summed E-state index contributed by atoms with van der Waals surface area (Å²) < 4.78 is 16.8. The average molecular weight is 344 g/mol. The smallest absolute Gasteiger partial charge is 0.253 e. The van der Waals surface area contributed by atoms with Gasteiger partial charge in [-0.05, 0) is 25.1 Å². The first-order valence-electron chi connectivity index (χ1n) is 6.45. The number of amides is 1. The van der Waals surface area contributed by atoms with Crippen LogP contribution in [0.25, 0.3) is 0 Å². The van der Waals surface area contributed by atoms with Crippen LogP contribution in [0.5, 0.6) is 5.75 Å². The Hall–Kier alpha value is -1.11. The van der Waals surface area contributed by atoms with Gasteiger partial charge in [0.2, 0.25) is 0 Å². The lowest BCUT2D eigenvalue weighted by molar-refractivity contribution is -0.124. The molecule has 0 saturated heterocycles. The molecule has 1 aliphatic heterocycles. The van der Waals surface area contributed by atoms with Crippen molar-refractivity contribution in [3.05, 3.63) is 22.7 Å². The lowest BCUT2D eigenvalue weighted by Gasteiger charge is -2.33. The van der Waals surface area contributed by atoms with Crippen molar-refractivity contribution in [2.24, 2.45) is 0 Å². The highest BCUT2D eigenvalue weighted by atomic mass is 79.9. The maximum atomic E-state index is 12.3. The normalized spacial score (nSPS) is 17.6. The molecule has 1 aromatic rings. The number of methoxy groups -OCH3 is 1. The number of hydrogen-bond acceptors (Lipinski definition) is 4. The molecule has 0 radical (unpaired) electrons. The number of fused-ring (bicyclic) bond motifs is 1. The molecule has 0 aliphatic carbocycles. The number of carbonyl (C=O) groups excluding carboxylic acids is 1. The molecule has 0 N–H and O–H groups in total. The second-order valence-electron chi connectivity index (χ2n) is 4.59. The first-order chi connectivity index (χ1) is 9.61. The van der Waals surface area contributed by atoms with Crippen LogP contribution < -0.4 is 9.64 Å². The number of anilines is 1. The van der Waals surface area contributed by atoms with Gasteiger partial charge in [0.15, 0.2) is 0 Å². The third kappa shape index (κ3) is 3.71. The summed E-state index contributed by atoms with van der Waals surface area (Å²) in [6.45, 7) is 3.40. The summed E-state index contributed by atoms with van der Waals surface area (Å²) in [5.41, 5.74) is 0.776. The van der Waals surface area contributed by atoms with Crippen molar-refractivity contribution >= 4 is 27.5 Å². The highest BCUT2D eigenvalue weighted by Gasteiger charge is 2.27. The molecular weight excluding hydrogens is 326 g/mol. The lowest BCUT2D eigenvalue weighted by Crippen LogP contribution is -2.44. The highest BCUT2D eigenvalue weighted by Crippen LogP contribution is 2.35.